The number of methoxy groups -OCH3 is 2. The molecule has 0 spiro atoms. The standard InChI is InChI=1S/C12H13BrN2O2/c1-16-10-5-9(6-11(7-10)17-2)8-15-12(13)3-4-14-15/h3-7H,8H2,1-2H3. The molecule has 0 aliphatic carbocycles. The van der Waals surface area contributed by atoms with Crippen molar-refractivity contribution in [3.63, 3.8) is 0 Å². The third-order valence-electron chi connectivity index (χ3n) is 2.41. The number of hydrogen-bond donors (Lipinski definition) is 0. The highest BCUT2D eigenvalue weighted by Crippen LogP contribution is 2.23. The molecule has 17 heavy (non-hydrogen) atoms. The summed E-state index contributed by atoms with van der Waals surface area (Å²) in [6.45, 7) is 0.668. The van der Waals surface area contributed by atoms with Crippen LogP contribution >= 0.6 is 15.9 Å². The maximum atomic E-state index is 5.23. The van der Waals surface area contributed by atoms with E-state index in [0.717, 1.165) is 21.7 Å². The second kappa shape index (κ2) is 5.23. The van der Waals surface area contributed by atoms with Gasteiger partial charge in [0.2, 0.25) is 0 Å². The number of benzene rings is 1. The molecule has 0 fully saturated rings. The van der Waals surface area contributed by atoms with Crippen molar-refractivity contribution in [1.29, 1.82) is 0 Å². The highest BCUT2D eigenvalue weighted by atomic mass is 79.9. The fourth-order valence-electron chi connectivity index (χ4n) is 1.56. The van der Waals surface area contributed by atoms with E-state index in [9.17, 15) is 0 Å². The van der Waals surface area contributed by atoms with Gasteiger partial charge in [-0.2, -0.15) is 5.10 Å². The molecule has 2 rings (SSSR count). The van der Waals surface area contributed by atoms with Crippen LogP contribution in [0.5, 0.6) is 11.5 Å². The molecule has 0 saturated carbocycles. The van der Waals surface area contributed by atoms with E-state index in [2.05, 4.69) is 21.0 Å². The molecular weight excluding hydrogens is 284 g/mol. The van der Waals surface area contributed by atoms with Crippen LogP contribution in [0.1, 0.15) is 5.56 Å². The molecule has 0 aliphatic heterocycles. The van der Waals surface area contributed by atoms with Crippen molar-refractivity contribution in [2.45, 2.75) is 6.54 Å². The van der Waals surface area contributed by atoms with E-state index in [0.29, 0.717) is 6.54 Å². The van der Waals surface area contributed by atoms with Gasteiger partial charge in [-0.25, -0.2) is 0 Å². The monoisotopic (exact) mass is 296 g/mol. The number of nitrogens with zero attached hydrogens (tertiary/aromatic N) is 2. The lowest BCUT2D eigenvalue weighted by Gasteiger charge is -2.09. The van der Waals surface area contributed by atoms with Gasteiger partial charge in [0, 0.05) is 6.07 Å². The van der Waals surface area contributed by atoms with Gasteiger partial charge >= 0.3 is 0 Å². The predicted molar refractivity (Wildman–Crippen MR) is 68.6 cm³/mol. The lowest BCUT2D eigenvalue weighted by Crippen LogP contribution is -2.02. The first kappa shape index (κ1) is 12.0. The summed E-state index contributed by atoms with van der Waals surface area (Å²) in [5.74, 6) is 1.56. The van der Waals surface area contributed by atoms with Gasteiger partial charge in [-0.1, -0.05) is 0 Å². The molecule has 5 heteroatoms. The normalized spacial score (nSPS) is 10.3. The van der Waals surface area contributed by atoms with Crippen LogP contribution in [0.15, 0.2) is 35.1 Å². The van der Waals surface area contributed by atoms with Crippen LogP contribution in [0.25, 0.3) is 0 Å². The van der Waals surface area contributed by atoms with Crippen LogP contribution in [0.4, 0.5) is 0 Å². The minimum absolute atomic E-state index is 0.668. The Morgan fingerprint density at radius 1 is 1.18 bits per heavy atom. The number of rotatable bonds is 4. The summed E-state index contributed by atoms with van der Waals surface area (Å²) in [6.07, 6.45) is 1.75. The van der Waals surface area contributed by atoms with Crippen molar-refractivity contribution in [2.24, 2.45) is 0 Å². The van der Waals surface area contributed by atoms with Gasteiger partial charge in [-0.15, -0.1) is 0 Å². The van der Waals surface area contributed by atoms with Crippen molar-refractivity contribution in [3.05, 3.63) is 40.6 Å². The lowest BCUT2D eigenvalue weighted by molar-refractivity contribution is 0.393. The second-order valence-corrected chi connectivity index (χ2v) is 4.34. The van der Waals surface area contributed by atoms with Gasteiger partial charge in [0.25, 0.3) is 0 Å². The Balaban J connectivity index is 2.29. The lowest BCUT2D eigenvalue weighted by atomic mass is 10.2. The maximum absolute atomic E-state index is 5.23. The minimum atomic E-state index is 0.668. The van der Waals surface area contributed by atoms with Gasteiger partial charge in [0.15, 0.2) is 0 Å². The summed E-state index contributed by atoms with van der Waals surface area (Å²) in [6, 6.07) is 7.69. The number of halogens is 1. The fraction of sp³-hybridized carbons (Fsp3) is 0.250. The van der Waals surface area contributed by atoms with Crippen LogP contribution in [-0.4, -0.2) is 24.0 Å². The highest BCUT2D eigenvalue weighted by molar-refractivity contribution is 9.10. The van der Waals surface area contributed by atoms with Gasteiger partial charge in [-0.05, 0) is 39.7 Å². The molecule has 0 saturated heterocycles. The van der Waals surface area contributed by atoms with E-state index < -0.39 is 0 Å². The summed E-state index contributed by atoms with van der Waals surface area (Å²) in [5.41, 5.74) is 1.07. The third kappa shape index (κ3) is 2.79. The van der Waals surface area contributed by atoms with Gasteiger partial charge in [0.05, 0.1) is 27.0 Å². The first-order chi connectivity index (χ1) is 8.22. The zero-order chi connectivity index (χ0) is 12.3. The molecule has 0 radical (unpaired) electrons. The van der Waals surface area contributed by atoms with E-state index in [1.165, 1.54) is 0 Å². The number of ether oxygens (including phenoxy) is 2. The quantitative estimate of drug-likeness (QED) is 0.870. The number of aromatic nitrogens is 2. The molecule has 0 aliphatic rings. The summed E-state index contributed by atoms with van der Waals surface area (Å²) in [7, 11) is 3.28. The zero-order valence-corrected chi connectivity index (χ0v) is 11.3. The van der Waals surface area contributed by atoms with Crippen LogP contribution in [0.3, 0.4) is 0 Å². The second-order valence-electron chi connectivity index (χ2n) is 3.53. The first-order valence-corrected chi connectivity index (χ1v) is 5.91. The molecule has 0 unspecified atom stereocenters. The largest absolute Gasteiger partial charge is 0.497 e. The molecule has 0 N–H and O–H groups in total. The van der Waals surface area contributed by atoms with Gasteiger partial charge < -0.3 is 9.47 Å². The summed E-state index contributed by atoms with van der Waals surface area (Å²) >= 11 is 3.43. The smallest absolute Gasteiger partial charge is 0.122 e. The molecule has 90 valence electrons. The van der Waals surface area contributed by atoms with Gasteiger partial charge in [-0.3, -0.25) is 4.68 Å². The van der Waals surface area contributed by atoms with Crippen molar-refractivity contribution in [2.75, 3.05) is 14.2 Å². The molecule has 1 aromatic heterocycles. The van der Waals surface area contributed by atoms with E-state index >= 15 is 0 Å². The van der Waals surface area contributed by atoms with Crippen LogP contribution in [-0.2, 0) is 6.54 Å². The van der Waals surface area contributed by atoms with Crippen molar-refractivity contribution >= 4 is 15.9 Å². The van der Waals surface area contributed by atoms with Crippen molar-refractivity contribution in [1.82, 2.24) is 9.78 Å². The molecular formula is C12H13BrN2O2. The predicted octanol–water partition coefficient (Wildman–Crippen LogP) is 2.71. The van der Waals surface area contributed by atoms with Crippen LogP contribution in [0, 0.1) is 0 Å². The van der Waals surface area contributed by atoms with E-state index in [4.69, 9.17) is 9.47 Å². The van der Waals surface area contributed by atoms with Crippen molar-refractivity contribution in [3.8, 4) is 11.5 Å². The Morgan fingerprint density at radius 3 is 2.29 bits per heavy atom. The van der Waals surface area contributed by atoms with Crippen molar-refractivity contribution < 1.29 is 9.47 Å². The maximum Gasteiger partial charge on any atom is 0.122 e. The SMILES string of the molecule is COc1cc(Cn2nccc2Br)cc(OC)c1. The number of hydrogen-bond acceptors (Lipinski definition) is 3. The highest BCUT2D eigenvalue weighted by Gasteiger charge is 2.04. The molecule has 0 atom stereocenters. The van der Waals surface area contributed by atoms with E-state index in [1.54, 1.807) is 20.4 Å². The molecule has 0 amide bonds. The Hall–Kier alpha value is -1.49. The Bertz CT molecular complexity index is 489. The first-order valence-electron chi connectivity index (χ1n) is 5.12. The summed E-state index contributed by atoms with van der Waals surface area (Å²) < 4.78 is 13.2. The molecule has 1 heterocycles. The summed E-state index contributed by atoms with van der Waals surface area (Å²) in [5, 5.41) is 4.21. The molecule has 2 aromatic rings. The third-order valence-corrected chi connectivity index (χ3v) is 3.08. The molecule has 4 nitrogen and oxygen atoms in total. The Kier molecular flexibility index (Phi) is 3.68. The van der Waals surface area contributed by atoms with Crippen LogP contribution < -0.4 is 9.47 Å². The van der Waals surface area contributed by atoms with Crippen LogP contribution in [0.2, 0.25) is 0 Å². The Morgan fingerprint density at radius 2 is 1.82 bits per heavy atom. The zero-order valence-electron chi connectivity index (χ0n) is 9.68. The minimum Gasteiger partial charge on any atom is -0.497 e. The fourth-order valence-corrected chi connectivity index (χ4v) is 1.90. The average molecular weight is 297 g/mol. The molecule has 1 aromatic carbocycles. The average Bonchev–Trinajstić information content (AvgIpc) is 2.74. The van der Waals surface area contributed by atoms with E-state index in [-0.39, 0.29) is 0 Å². The topological polar surface area (TPSA) is 36.3 Å². The van der Waals surface area contributed by atoms with Gasteiger partial charge in [0.1, 0.15) is 16.1 Å². The Labute approximate surface area is 108 Å². The molecule has 0 bridgehead atoms. The van der Waals surface area contributed by atoms with E-state index in [1.807, 2.05) is 28.9 Å². The summed E-state index contributed by atoms with van der Waals surface area (Å²) in [4.78, 5) is 0.